The van der Waals surface area contributed by atoms with Crippen molar-refractivity contribution in [3.05, 3.63) is 54.1 Å². The molecule has 0 aliphatic carbocycles. The first-order valence-electron chi connectivity index (χ1n) is 5.15. The molecule has 0 radical (unpaired) electrons. The first-order chi connectivity index (χ1) is 7.99. The molecule has 0 aliphatic rings. The van der Waals surface area contributed by atoms with Gasteiger partial charge in [-0.25, -0.2) is 0 Å². The number of thiophene rings is 1. The van der Waals surface area contributed by atoms with Gasteiger partial charge in [-0.05, 0) is 49.2 Å². The molecule has 0 N–H and O–H groups in total. The predicted molar refractivity (Wildman–Crippen MR) is 86.4 cm³/mol. The smallest absolute Gasteiger partial charge is 0.0752 e. The third-order valence-electron chi connectivity index (χ3n) is 2.54. The molecule has 2 rings (SSSR count). The Morgan fingerprint density at radius 3 is 2.41 bits per heavy atom. The van der Waals surface area contributed by atoms with Gasteiger partial charge in [-0.3, -0.25) is 0 Å². The Balaban J connectivity index is 2.46. The molecule has 0 aliphatic heterocycles. The van der Waals surface area contributed by atoms with Crippen LogP contribution in [0.2, 0.25) is 0 Å². The predicted octanol–water partition coefficient (Wildman–Crippen LogP) is 6.37. The lowest BCUT2D eigenvalue weighted by Gasteiger charge is -2.12. The van der Waals surface area contributed by atoms with E-state index < -0.39 is 0 Å². The van der Waals surface area contributed by atoms with Crippen molar-refractivity contribution in [2.75, 3.05) is 0 Å². The highest BCUT2D eigenvalue weighted by Crippen LogP contribution is 2.41. The van der Waals surface area contributed by atoms with Gasteiger partial charge in [0.2, 0.25) is 0 Å². The molecular formula is C13H11Br3S. The molecular weight excluding hydrogens is 428 g/mol. The summed E-state index contributed by atoms with van der Waals surface area (Å²) in [5.41, 5.74) is 2.60. The topological polar surface area (TPSA) is 0 Å². The van der Waals surface area contributed by atoms with Crippen LogP contribution in [0.1, 0.15) is 25.7 Å². The quantitative estimate of drug-likeness (QED) is 0.477. The molecule has 1 unspecified atom stereocenters. The van der Waals surface area contributed by atoms with Gasteiger partial charge in [0.1, 0.15) is 0 Å². The number of alkyl halides is 1. The van der Waals surface area contributed by atoms with E-state index in [1.54, 1.807) is 0 Å². The lowest BCUT2D eigenvalue weighted by Crippen LogP contribution is -1.93. The second-order valence-corrected chi connectivity index (χ2v) is 7.91. The molecule has 0 spiro atoms. The van der Waals surface area contributed by atoms with Gasteiger partial charge in [0.05, 0.1) is 4.83 Å². The summed E-state index contributed by atoms with van der Waals surface area (Å²) in [6.45, 7) is 4.32. The van der Waals surface area contributed by atoms with E-state index in [1.165, 1.54) is 20.9 Å². The highest BCUT2D eigenvalue weighted by molar-refractivity contribution is 9.11. The van der Waals surface area contributed by atoms with Crippen LogP contribution in [0.5, 0.6) is 0 Å². The molecule has 0 saturated carbocycles. The summed E-state index contributed by atoms with van der Waals surface area (Å²) in [6, 6.07) is 8.50. The molecule has 4 heteroatoms. The van der Waals surface area contributed by atoms with Crippen molar-refractivity contribution in [3.8, 4) is 0 Å². The summed E-state index contributed by atoms with van der Waals surface area (Å²) in [6.07, 6.45) is 0. The van der Waals surface area contributed by atoms with Crippen molar-refractivity contribution in [1.29, 1.82) is 0 Å². The summed E-state index contributed by atoms with van der Waals surface area (Å²) >= 11 is 12.8. The minimum absolute atomic E-state index is 0.244. The monoisotopic (exact) mass is 436 g/mol. The molecule has 0 nitrogen and oxygen atoms in total. The lowest BCUT2D eigenvalue weighted by molar-refractivity contribution is 1.18. The maximum absolute atomic E-state index is 3.80. The van der Waals surface area contributed by atoms with E-state index in [0.717, 1.165) is 8.95 Å². The summed E-state index contributed by atoms with van der Waals surface area (Å²) in [4.78, 5) is 2.97. The second-order valence-electron chi connectivity index (χ2n) is 3.93. The molecule has 1 aromatic heterocycles. The van der Waals surface area contributed by atoms with Crippen LogP contribution >= 0.6 is 59.1 Å². The molecule has 0 saturated heterocycles. The Bertz CT molecular complexity index is 546. The van der Waals surface area contributed by atoms with Gasteiger partial charge >= 0.3 is 0 Å². The zero-order valence-electron chi connectivity index (χ0n) is 9.43. The first kappa shape index (κ1) is 13.8. The minimum Gasteiger partial charge on any atom is -0.144 e. The number of aryl methyl sites for hydroxylation is 2. The van der Waals surface area contributed by atoms with Gasteiger partial charge in [-0.15, -0.1) is 11.3 Å². The Hall–Kier alpha value is 0.360. The van der Waals surface area contributed by atoms with E-state index in [0.29, 0.717) is 0 Å². The van der Waals surface area contributed by atoms with Gasteiger partial charge in [0.15, 0.2) is 0 Å². The molecule has 1 aromatic carbocycles. The molecule has 0 fully saturated rings. The molecule has 1 atom stereocenters. The van der Waals surface area contributed by atoms with Crippen LogP contribution in [0.4, 0.5) is 0 Å². The first-order valence-corrected chi connectivity index (χ1v) is 8.47. The van der Waals surface area contributed by atoms with E-state index >= 15 is 0 Å². The standard InChI is InChI=1S/C13H11Br3S/c1-7-5-8(2)17-13(7)12(16)10-6-9(14)3-4-11(10)15/h3-6,12H,1-2H3. The SMILES string of the molecule is Cc1cc(C)c(C(Br)c2cc(Br)ccc2Br)s1. The summed E-state index contributed by atoms with van der Waals surface area (Å²) in [7, 11) is 0. The van der Waals surface area contributed by atoms with Crippen LogP contribution in [0.25, 0.3) is 0 Å². The van der Waals surface area contributed by atoms with E-state index in [-0.39, 0.29) is 4.83 Å². The molecule has 17 heavy (non-hydrogen) atoms. The fourth-order valence-corrected chi connectivity index (χ4v) is 4.98. The average Bonchev–Trinajstić information content (AvgIpc) is 2.60. The number of hydrogen-bond acceptors (Lipinski definition) is 1. The number of hydrogen-bond donors (Lipinski definition) is 0. The Labute approximate surface area is 131 Å². The Morgan fingerprint density at radius 1 is 1.12 bits per heavy atom. The maximum Gasteiger partial charge on any atom is 0.0752 e. The third kappa shape index (κ3) is 3.03. The molecule has 0 amide bonds. The number of benzene rings is 1. The third-order valence-corrected chi connectivity index (χ3v) is 6.23. The van der Waals surface area contributed by atoms with Crippen molar-refractivity contribution < 1.29 is 0 Å². The van der Waals surface area contributed by atoms with Crippen LogP contribution in [0.15, 0.2) is 33.2 Å². The van der Waals surface area contributed by atoms with Gasteiger partial charge in [-0.1, -0.05) is 47.8 Å². The zero-order chi connectivity index (χ0) is 12.6. The average molecular weight is 439 g/mol. The second kappa shape index (κ2) is 5.55. The van der Waals surface area contributed by atoms with Gasteiger partial charge in [0.25, 0.3) is 0 Å². The van der Waals surface area contributed by atoms with E-state index in [9.17, 15) is 0 Å². The van der Waals surface area contributed by atoms with Crippen molar-refractivity contribution in [2.45, 2.75) is 18.7 Å². The van der Waals surface area contributed by atoms with Crippen molar-refractivity contribution in [2.24, 2.45) is 0 Å². The zero-order valence-corrected chi connectivity index (χ0v) is 15.0. The largest absolute Gasteiger partial charge is 0.144 e. The fraction of sp³-hybridized carbons (Fsp3) is 0.231. The Morgan fingerprint density at radius 2 is 1.82 bits per heavy atom. The van der Waals surface area contributed by atoms with E-state index in [4.69, 9.17) is 0 Å². The van der Waals surface area contributed by atoms with Crippen molar-refractivity contribution >= 4 is 59.1 Å². The lowest BCUT2D eigenvalue weighted by atomic mass is 10.1. The van der Waals surface area contributed by atoms with Crippen LogP contribution < -0.4 is 0 Å². The molecule has 2 aromatic rings. The van der Waals surface area contributed by atoms with E-state index in [2.05, 4.69) is 79.8 Å². The van der Waals surface area contributed by atoms with Gasteiger partial charge in [-0.2, -0.15) is 0 Å². The van der Waals surface area contributed by atoms with Crippen LogP contribution in [-0.2, 0) is 0 Å². The van der Waals surface area contributed by atoms with Crippen molar-refractivity contribution in [3.63, 3.8) is 0 Å². The van der Waals surface area contributed by atoms with Crippen molar-refractivity contribution in [1.82, 2.24) is 0 Å². The van der Waals surface area contributed by atoms with E-state index in [1.807, 2.05) is 17.4 Å². The van der Waals surface area contributed by atoms with Gasteiger partial charge < -0.3 is 0 Å². The molecule has 0 bridgehead atoms. The number of rotatable bonds is 2. The summed E-state index contributed by atoms with van der Waals surface area (Å²) in [5, 5.41) is 0. The summed E-state index contributed by atoms with van der Waals surface area (Å²) in [5.74, 6) is 0. The normalized spacial score (nSPS) is 12.8. The Kier molecular flexibility index (Phi) is 4.50. The minimum atomic E-state index is 0.244. The highest BCUT2D eigenvalue weighted by Gasteiger charge is 2.18. The van der Waals surface area contributed by atoms with Crippen LogP contribution in [0, 0.1) is 13.8 Å². The van der Waals surface area contributed by atoms with Gasteiger partial charge in [0, 0.05) is 18.7 Å². The number of halogens is 3. The maximum atomic E-state index is 3.80. The van der Waals surface area contributed by atoms with Crippen LogP contribution in [0.3, 0.4) is 0 Å². The summed E-state index contributed by atoms with van der Waals surface area (Å²) < 4.78 is 2.24. The molecule has 90 valence electrons. The molecule has 1 heterocycles. The fourth-order valence-electron chi connectivity index (χ4n) is 1.76. The highest BCUT2D eigenvalue weighted by atomic mass is 79.9. The van der Waals surface area contributed by atoms with Crippen LogP contribution in [-0.4, -0.2) is 0 Å².